The minimum atomic E-state index is -4.46. The SMILES string of the molecule is N#CC1=C(N)Oc2n[nH]c(-c3cccc4ccccc34)c2C1c1ccc(C(F)(F)F)cc1. The zero-order chi connectivity index (χ0) is 22.5. The monoisotopic (exact) mass is 432 g/mol. The van der Waals surface area contributed by atoms with Gasteiger partial charge in [-0.3, -0.25) is 5.10 Å². The van der Waals surface area contributed by atoms with Crippen molar-refractivity contribution in [3.63, 3.8) is 0 Å². The first-order valence-corrected chi connectivity index (χ1v) is 9.69. The summed E-state index contributed by atoms with van der Waals surface area (Å²) in [4.78, 5) is 0. The van der Waals surface area contributed by atoms with Gasteiger partial charge in [0.15, 0.2) is 0 Å². The van der Waals surface area contributed by atoms with Gasteiger partial charge in [-0.1, -0.05) is 54.6 Å². The summed E-state index contributed by atoms with van der Waals surface area (Å²) in [5.74, 6) is -0.672. The molecule has 3 aromatic carbocycles. The van der Waals surface area contributed by atoms with E-state index in [1.807, 2.05) is 42.5 Å². The highest BCUT2D eigenvalue weighted by Gasteiger charge is 2.37. The first-order valence-electron chi connectivity index (χ1n) is 9.69. The molecule has 5 rings (SSSR count). The number of fused-ring (bicyclic) bond motifs is 2. The number of nitrogens with one attached hydrogen (secondary N) is 1. The Morgan fingerprint density at radius 1 is 1.00 bits per heavy atom. The fourth-order valence-corrected chi connectivity index (χ4v) is 4.09. The van der Waals surface area contributed by atoms with Crippen LogP contribution in [0.5, 0.6) is 5.88 Å². The topological polar surface area (TPSA) is 87.7 Å². The van der Waals surface area contributed by atoms with Gasteiger partial charge in [0.05, 0.1) is 22.7 Å². The number of rotatable bonds is 2. The normalized spacial score (nSPS) is 15.9. The lowest BCUT2D eigenvalue weighted by molar-refractivity contribution is -0.137. The van der Waals surface area contributed by atoms with Crippen molar-refractivity contribution < 1.29 is 17.9 Å². The Kier molecular flexibility index (Phi) is 4.41. The highest BCUT2D eigenvalue weighted by Crippen LogP contribution is 2.47. The number of nitriles is 1. The number of allylic oxidation sites excluding steroid dienone is 1. The molecule has 0 radical (unpaired) electrons. The molecule has 2 heterocycles. The third-order valence-corrected chi connectivity index (χ3v) is 5.57. The van der Waals surface area contributed by atoms with Crippen LogP contribution in [0.2, 0.25) is 0 Å². The molecule has 0 spiro atoms. The predicted octanol–water partition coefficient (Wildman–Crippen LogP) is 5.47. The van der Waals surface area contributed by atoms with E-state index in [9.17, 15) is 18.4 Å². The van der Waals surface area contributed by atoms with Crippen LogP contribution in [0.25, 0.3) is 22.0 Å². The second kappa shape index (κ2) is 7.17. The van der Waals surface area contributed by atoms with Crippen LogP contribution < -0.4 is 10.5 Å². The third kappa shape index (κ3) is 3.06. The number of hydrogen-bond acceptors (Lipinski definition) is 4. The van der Waals surface area contributed by atoms with E-state index >= 15 is 0 Å². The smallest absolute Gasteiger partial charge is 0.416 e. The molecule has 5 nitrogen and oxygen atoms in total. The van der Waals surface area contributed by atoms with Gasteiger partial charge in [0.25, 0.3) is 0 Å². The Balaban J connectivity index is 1.73. The molecule has 0 saturated carbocycles. The van der Waals surface area contributed by atoms with Crippen molar-refractivity contribution in [1.29, 1.82) is 5.26 Å². The summed E-state index contributed by atoms with van der Waals surface area (Å²) >= 11 is 0. The van der Waals surface area contributed by atoms with Gasteiger partial charge in [-0.2, -0.15) is 18.4 Å². The second-order valence-electron chi connectivity index (χ2n) is 7.39. The zero-order valence-electron chi connectivity index (χ0n) is 16.4. The molecule has 1 unspecified atom stereocenters. The second-order valence-corrected chi connectivity index (χ2v) is 7.39. The molecule has 4 aromatic rings. The minimum Gasteiger partial charge on any atom is -0.420 e. The first-order chi connectivity index (χ1) is 15.4. The van der Waals surface area contributed by atoms with Gasteiger partial charge in [0, 0.05) is 5.56 Å². The number of halogens is 3. The van der Waals surface area contributed by atoms with E-state index in [4.69, 9.17) is 10.5 Å². The Labute approximate surface area is 180 Å². The van der Waals surface area contributed by atoms with E-state index in [2.05, 4.69) is 16.3 Å². The van der Waals surface area contributed by atoms with Crippen LogP contribution >= 0.6 is 0 Å². The molecule has 32 heavy (non-hydrogen) atoms. The number of aromatic nitrogens is 2. The van der Waals surface area contributed by atoms with Gasteiger partial charge in [0.1, 0.15) is 11.6 Å². The number of nitrogens with zero attached hydrogens (tertiary/aromatic N) is 2. The summed E-state index contributed by atoms with van der Waals surface area (Å²) < 4.78 is 44.8. The zero-order valence-corrected chi connectivity index (χ0v) is 16.4. The van der Waals surface area contributed by atoms with Crippen LogP contribution in [-0.2, 0) is 6.18 Å². The lowest BCUT2D eigenvalue weighted by atomic mass is 9.82. The summed E-state index contributed by atoms with van der Waals surface area (Å²) in [7, 11) is 0. The maximum Gasteiger partial charge on any atom is 0.416 e. The summed E-state index contributed by atoms with van der Waals surface area (Å²) in [5.41, 5.74) is 7.78. The minimum absolute atomic E-state index is 0.111. The Hall–Kier alpha value is -4.25. The van der Waals surface area contributed by atoms with E-state index in [1.54, 1.807) is 0 Å². The molecule has 0 aliphatic carbocycles. The molecule has 3 N–H and O–H groups in total. The molecule has 8 heteroatoms. The fourth-order valence-electron chi connectivity index (χ4n) is 4.09. The van der Waals surface area contributed by atoms with E-state index < -0.39 is 17.7 Å². The third-order valence-electron chi connectivity index (χ3n) is 5.57. The lowest BCUT2D eigenvalue weighted by Crippen LogP contribution is -2.21. The Bertz CT molecular complexity index is 1410. The van der Waals surface area contributed by atoms with Gasteiger partial charge < -0.3 is 10.5 Å². The van der Waals surface area contributed by atoms with Crippen molar-refractivity contribution in [2.45, 2.75) is 12.1 Å². The van der Waals surface area contributed by atoms with Crippen molar-refractivity contribution >= 4 is 10.8 Å². The van der Waals surface area contributed by atoms with E-state index in [1.165, 1.54) is 12.1 Å². The van der Waals surface area contributed by atoms with Crippen molar-refractivity contribution in [3.8, 4) is 23.2 Å². The molecule has 1 aliphatic heterocycles. The van der Waals surface area contributed by atoms with Crippen molar-refractivity contribution in [1.82, 2.24) is 10.2 Å². The average Bonchev–Trinajstić information content (AvgIpc) is 3.20. The van der Waals surface area contributed by atoms with Crippen molar-refractivity contribution in [2.75, 3.05) is 0 Å². The Morgan fingerprint density at radius 3 is 2.44 bits per heavy atom. The van der Waals surface area contributed by atoms with Gasteiger partial charge in [-0.25, -0.2) is 0 Å². The number of benzene rings is 3. The van der Waals surface area contributed by atoms with Crippen LogP contribution in [0.1, 0.15) is 22.6 Å². The first kappa shape index (κ1) is 19.7. The number of H-pyrrole nitrogens is 1. The van der Waals surface area contributed by atoms with Crippen LogP contribution in [0.4, 0.5) is 13.2 Å². The summed E-state index contributed by atoms with van der Waals surface area (Å²) in [6.45, 7) is 0. The summed E-state index contributed by atoms with van der Waals surface area (Å²) in [6.07, 6.45) is -4.46. The van der Waals surface area contributed by atoms with E-state index in [0.717, 1.165) is 28.5 Å². The number of nitrogens with two attached hydrogens (primary N) is 1. The van der Waals surface area contributed by atoms with Gasteiger partial charge in [0.2, 0.25) is 11.8 Å². The van der Waals surface area contributed by atoms with Crippen LogP contribution in [0, 0.1) is 11.3 Å². The van der Waals surface area contributed by atoms with Crippen molar-refractivity contribution in [3.05, 3.63) is 94.9 Å². The molecule has 0 saturated heterocycles. The van der Waals surface area contributed by atoms with Gasteiger partial charge in [-0.05, 0) is 28.5 Å². The van der Waals surface area contributed by atoms with Gasteiger partial charge in [-0.15, -0.1) is 5.10 Å². The molecule has 0 bridgehead atoms. The maximum atomic E-state index is 13.1. The fraction of sp³-hybridized carbons (Fsp3) is 0.0833. The summed E-state index contributed by atoms with van der Waals surface area (Å²) in [5, 5.41) is 19.0. The number of hydrogen-bond donors (Lipinski definition) is 2. The number of aromatic amines is 1. The quantitative estimate of drug-likeness (QED) is 0.440. The molecule has 0 fully saturated rings. The van der Waals surface area contributed by atoms with Crippen LogP contribution in [0.15, 0.2) is 78.2 Å². The number of alkyl halides is 3. The highest BCUT2D eigenvalue weighted by atomic mass is 19.4. The largest absolute Gasteiger partial charge is 0.420 e. The average molecular weight is 432 g/mol. The molecule has 158 valence electrons. The molecule has 1 aromatic heterocycles. The molecule has 0 amide bonds. The summed E-state index contributed by atoms with van der Waals surface area (Å²) in [6, 6.07) is 20.3. The van der Waals surface area contributed by atoms with Crippen LogP contribution in [-0.4, -0.2) is 10.2 Å². The molecule has 1 aliphatic rings. The predicted molar refractivity (Wildman–Crippen MR) is 112 cm³/mol. The number of ether oxygens (including phenoxy) is 1. The van der Waals surface area contributed by atoms with E-state index in [0.29, 0.717) is 16.8 Å². The van der Waals surface area contributed by atoms with Gasteiger partial charge >= 0.3 is 6.18 Å². The molecule has 1 atom stereocenters. The molecular weight excluding hydrogens is 417 g/mol. The standard InChI is InChI=1S/C24H15F3N4O/c25-24(26,27)15-10-8-14(9-11-15)19-18(12-28)22(29)32-23-20(19)21(30-31-23)17-7-3-5-13-4-1-2-6-16(13)17/h1-11,19H,29H2,(H,30,31). The molecular formula is C24H15F3N4O. The van der Waals surface area contributed by atoms with Crippen molar-refractivity contribution in [2.24, 2.45) is 5.73 Å². The Morgan fingerprint density at radius 2 is 1.72 bits per heavy atom. The van der Waals surface area contributed by atoms with E-state index in [-0.39, 0.29) is 17.3 Å². The van der Waals surface area contributed by atoms with Crippen LogP contribution in [0.3, 0.4) is 0 Å². The highest BCUT2D eigenvalue weighted by molar-refractivity contribution is 5.97. The maximum absolute atomic E-state index is 13.1. The lowest BCUT2D eigenvalue weighted by Gasteiger charge is -2.24.